The second-order valence-electron chi connectivity index (χ2n) is 4.87. The van der Waals surface area contributed by atoms with Crippen LogP contribution in [0.1, 0.15) is 6.42 Å². The van der Waals surface area contributed by atoms with Crippen molar-refractivity contribution in [3.8, 4) is 0 Å². The Balaban J connectivity index is 1.93. The molecule has 0 spiro atoms. The Morgan fingerprint density at radius 1 is 1.24 bits per heavy atom. The number of carboxylic acids is 1. The smallest absolute Gasteiger partial charge is 0.303 e. The molecule has 112 valence electrons. The highest BCUT2D eigenvalue weighted by molar-refractivity contribution is 7.94. The maximum Gasteiger partial charge on any atom is 0.303 e. The fourth-order valence-corrected chi connectivity index (χ4v) is 3.06. The summed E-state index contributed by atoms with van der Waals surface area (Å²) in [6.45, 7) is 0.696. The number of carbonyl (C=O) groups is 2. The van der Waals surface area contributed by atoms with E-state index in [0.29, 0.717) is 13.1 Å². The van der Waals surface area contributed by atoms with Gasteiger partial charge in [0.2, 0.25) is 5.91 Å². The summed E-state index contributed by atoms with van der Waals surface area (Å²) in [7, 11) is -3.63. The first-order valence-electron chi connectivity index (χ1n) is 6.37. The third-order valence-electron chi connectivity index (χ3n) is 3.19. The highest BCUT2D eigenvalue weighted by Crippen LogP contribution is 2.19. The highest BCUT2D eigenvalue weighted by atomic mass is 32.2. The molecule has 7 heteroatoms. The minimum atomic E-state index is -3.63. The summed E-state index contributed by atoms with van der Waals surface area (Å²) in [5.74, 6) is -1.36. The van der Waals surface area contributed by atoms with Gasteiger partial charge in [-0.15, -0.1) is 0 Å². The average molecular weight is 309 g/mol. The van der Waals surface area contributed by atoms with Gasteiger partial charge in [-0.25, -0.2) is 8.42 Å². The average Bonchev–Trinajstić information content (AvgIpc) is 2.40. The number of carboxylic acid groups (broad SMARTS) is 1. The lowest BCUT2D eigenvalue weighted by atomic mass is 9.96. The molecule has 0 aromatic heterocycles. The van der Waals surface area contributed by atoms with Gasteiger partial charge < -0.3 is 10.0 Å². The van der Waals surface area contributed by atoms with Gasteiger partial charge >= 0.3 is 5.97 Å². The molecule has 0 bridgehead atoms. The zero-order chi connectivity index (χ0) is 15.5. The van der Waals surface area contributed by atoms with Crippen molar-refractivity contribution in [2.45, 2.75) is 11.3 Å². The van der Waals surface area contributed by atoms with Crippen LogP contribution in [0.4, 0.5) is 0 Å². The van der Waals surface area contributed by atoms with Crippen LogP contribution in [0.5, 0.6) is 0 Å². The molecule has 0 radical (unpaired) electrons. The van der Waals surface area contributed by atoms with Gasteiger partial charge in [0.25, 0.3) is 0 Å². The largest absolute Gasteiger partial charge is 0.481 e. The molecule has 1 aliphatic rings. The minimum absolute atomic E-state index is 0.0236. The number of benzene rings is 1. The van der Waals surface area contributed by atoms with Gasteiger partial charge in [-0.3, -0.25) is 9.59 Å². The van der Waals surface area contributed by atoms with E-state index in [0.717, 1.165) is 11.5 Å². The topological polar surface area (TPSA) is 91.8 Å². The van der Waals surface area contributed by atoms with Gasteiger partial charge in [-0.1, -0.05) is 18.2 Å². The molecule has 1 aromatic carbocycles. The fourth-order valence-electron chi connectivity index (χ4n) is 2.07. The molecule has 1 N–H and O–H groups in total. The number of aliphatic carboxylic acids is 1. The molecule has 6 nitrogen and oxygen atoms in total. The molecular weight excluding hydrogens is 294 g/mol. The number of amides is 1. The summed E-state index contributed by atoms with van der Waals surface area (Å²) in [6, 6.07) is 7.83. The Hall–Kier alpha value is -2.15. The van der Waals surface area contributed by atoms with E-state index in [9.17, 15) is 18.0 Å². The van der Waals surface area contributed by atoms with E-state index < -0.39 is 21.7 Å². The molecule has 21 heavy (non-hydrogen) atoms. The van der Waals surface area contributed by atoms with Crippen LogP contribution >= 0.6 is 0 Å². The third-order valence-corrected chi connectivity index (χ3v) is 4.62. The molecule has 1 heterocycles. The molecule has 1 aromatic rings. The van der Waals surface area contributed by atoms with E-state index in [2.05, 4.69) is 0 Å². The van der Waals surface area contributed by atoms with E-state index in [4.69, 9.17) is 5.11 Å². The van der Waals surface area contributed by atoms with Crippen molar-refractivity contribution in [2.24, 2.45) is 5.92 Å². The monoisotopic (exact) mass is 309 g/mol. The van der Waals surface area contributed by atoms with Crippen LogP contribution in [0.25, 0.3) is 0 Å². The molecule has 0 aliphatic carbocycles. The first kappa shape index (κ1) is 15.2. The minimum Gasteiger partial charge on any atom is -0.481 e. The van der Waals surface area contributed by atoms with Crippen LogP contribution in [0, 0.1) is 5.92 Å². The third kappa shape index (κ3) is 3.91. The van der Waals surface area contributed by atoms with Crippen molar-refractivity contribution in [1.82, 2.24) is 4.90 Å². The van der Waals surface area contributed by atoms with Crippen molar-refractivity contribution >= 4 is 21.7 Å². The summed E-state index contributed by atoms with van der Waals surface area (Å²) in [4.78, 5) is 23.8. The Morgan fingerprint density at radius 3 is 2.43 bits per heavy atom. The van der Waals surface area contributed by atoms with Crippen LogP contribution in [-0.4, -0.2) is 43.4 Å². The number of nitrogens with zero attached hydrogens (tertiary/aromatic N) is 1. The zero-order valence-corrected chi connectivity index (χ0v) is 12.0. The predicted octanol–water partition coefficient (Wildman–Crippen LogP) is 0.907. The summed E-state index contributed by atoms with van der Waals surface area (Å²) in [5.41, 5.74) is 0. The van der Waals surface area contributed by atoms with E-state index in [1.54, 1.807) is 18.2 Å². The molecular formula is C14H15NO5S. The first-order valence-corrected chi connectivity index (χ1v) is 7.92. The Bertz CT molecular complexity index is 660. The second-order valence-corrected chi connectivity index (χ2v) is 6.70. The normalized spacial score (nSPS) is 15.9. The van der Waals surface area contributed by atoms with Crippen molar-refractivity contribution in [2.75, 3.05) is 13.1 Å². The van der Waals surface area contributed by atoms with Gasteiger partial charge in [-0.05, 0) is 12.1 Å². The van der Waals surface area contributed by atoms with Crippen molar-refractivity contribution < 1.29 is 23.1 Å². The van der Waals surface area contributed by atoms with E-state index in [1.165, 1.54) is 17.0 Å². The van der Waals surface area contributed by atoms with Crippen LogP contribution in [0.3, 0.4) is 0 Å². The fraction of sp³-hybridized carbons (Fsp3) is 0.286. The lowest BCUT2D eigenvalue weighted by Crippen LogP contribution is -2.50. The van der Waals surface area contributed by atoms with E-state index in [-0.39, 0.29) is 17.2 Å². The maximum absolute atomic E-state index is 11.9. The molecule has 0 atom stereocenters. The highest BCUT2D eigenvalue weighted by Gasteiger charge is 2.31. The summed E-state index contributed by atoms with van der Waals surface area (Å²) in [5, 5.41) is 9.50. The van der Waals surface area contributed by atoms with Gasteiger partial charge in [0.1, 0.15) is 0 Å². The molecule has 2 rings (SSSR count). The molecule has 0 saturated carbocycles. The standard InChI is InChI=1S/C14H15NO5S/c16-13(15-9-11(10-15)8-14(17)18)6-7-21(19,20)12-4-2-1-3-5-12/h1-7,11H,8-10H2,(H,17,18). The van der Waals surface area contributed by atoms with Crippen LogP contribution in [0.2, 0.25) is 0 Å². The SMILES string of the molecule is O=C(O)CC1CN(C(=O)C=CS(=O)(=O)c2ccccc2)C1. The molecule has 0 unspecified atom stereocenters. The quantitative estimate of drug-likeness (QED) is 0.816. The van der Waals surface area contributed by atoms with Crippen LogP contribution in [0.15, 0.2) is 46.7 Å². The number of rotatable bonds is 5. The predicted molar refractivity (Wildman–Crippen MR) is 75.1 cm³/mol. The zero-order valence-electron chi connectivity index (χ0n) is 11.2. The van der Waals surface area contributed by atoms with Gasteiger partial charge in [0, 0.05) is 30.5 Å². The van der Waals surface area contributed by atoms with Crippen LogP contribution in [-0.2, 0) is 19.4 Å². The van der Waals surface area contributed by atoms with Crippen LogP contribution < -0.4 is 0 Å². The Labute approximate surface area is 122 Å². The number of likely N-dealkylation sites (tertiary alicyclic amines) is 1. The second kappa shape index (κ2) is 6.09. The number of carbonyl (C=O) groups excluding carboxylic acids is 1. The first-order chi connectivity index (χ1) is 9.88. The van der Waals surface area contributed by atoms with E-state index in [1.807, 2.05) is 0 Å². The molecule has 1 aliphatic heterocycles. The molecule has 1 saturated heterocycles. The van der Waals surface area contributed by atoms with Crippen molar-refractivity contribution in [1.29, 1.82) is 0 Å². The van der Waals surface area contributed by atoms with Gasteiger partial charge in [-0.2, -0.15) is 0 Å². The maximum atomic E-state index is 11.9. The van der Waals surface area contributed by atoms with Crippen molar-refractivity contribution in [3.05, 3.63) is 41.8 Å². The Kier molecular flexibility index (Phi) is 4.42. The van der Waals surface area contributed by atoms with E-state index >= 15 is 0 Å². The molecule has 1 amide bonds. The summed E-state index contributed by atoms with van der Waals surface area (Å²) < 4.78 is 23.9. The molecule has 1 fully saturated rings. The summed E-state index contributed by atoms with van der Waals surface area (Å²) >= 11 is 0. The van der Waals surface area contributed by atoms with Gasteiger partial charge in [0.15, 0.2) is 9.84 Å². The number of hydrogen-bond acceptors (Lipinski definition) is 4. The van der Waals surface area contributed by atoms with Gasteiger partial charge in [0.05, 0.1) is 11.3 Å². The van der Waals surface area contributed by atoms with Crippen molar-refractivity contribution in [3.63, 3.8) is 0 Å². The summed E-state index contributed by atoms with van der Waals surface area (Å²) in [6.07, 6.45) is 1.04. The lowest BCUT2D eigenvalue weighted by molar-refractivity contribution is -0.143. The number of sulfone groups is 1. The Morgan fingerprint density at radius 2 is 1.86 bits per heavy atom. The number of hydrogen-bond donors (Lipinski definition) is 1. The lowest BCUT2D eigenvalue weighted by Gasteiger charge is -2.37.